The fourth-order valence-corrected chi connectivity index (χ4v) is 5.09. The number of rotatable bonds is 14. The Kier molecular flexibility index (Phi) is 11.1. The van der Waals surface area contributed by atoms with E-state index >= 15 is 0 Å². The molecule has 1 unspecified atom stereocenters. The lowest BCUT2D eigenvalue weighted by molar-refractivity contribution is -0.285. The maximum atomic E-state index is 6.70. The molecule has 5 rings (SSSR count). The van der Waals surface area contributed by atoms with Crippen LogP contribution in [0.2, 0.25) is 0 Å². The first-order valence-corrected chi connectivity index (χ1v) is 14.2. The Morgan fingerprint density at radius 1 is 0.585 bits per heavy atom. The highest BCUT2D eigenvalue weighted by molar-refractivity contribution is 5.17. The molecule has 0 amide bonds. The minimum Gasteiger partial charge on any atom is -0.374 e. The molecule has 0 bridgehead atoms. The van der Waals surface area contributed by atoms with Crippen LogP contribution in [0.5, 0.6) is 0 Å². The molecule has 0 radical (unpaired) electrons. The Balaban J connectivity index is 1.38. The van der Waals surface area contributed by atoms with Crippen molar-refractivity contribution in [3.05, 3.63) is 144 Å². The summed E-state index contributed by atoms with van der Waals surface area (Å²) in [5.74, 6) is 0. The first-order chi connectivity index (χ1) is 20.3. The second-order valence-electron chi connectivity index (χ2n) is 10.2. The minimum absolute atomic E-state index is 0.282. The molecule has 4 aromatic rings. The fourth-order valence-electron chi connectivity index (χ4n) is 5.09. The molecule has 1 heterocycles. The zero-order valence-corrected chi connectivity index (χ0v) is 23.5. The van der Waals surface area contributed by atoms with Crippen LogP contribution < -0.4 is 5.32 Å². The Bertz CT molecular complexity index is 1260. The first kappa shape index (κ1) is 29.1. The smallest absolute Gasteiger partial charge is 0.175 e. The van der Waals surface area contributed by atoms with Crippen molar-refractivity contribution in [1.82, 2.24) is 5.32 Å². The standard InChI is InChI=1S/C35H39NO5/c1-37-35-32(36-22-27-14-6-2-7-15-27)34(40-25-30-20-12-5-13-21-30)33(39-24-29-18-10-4-11-19-29)31(41-35)26-38-23-28-16-8-3-9-17-28/h2-21,31-36H,22-26H2,1H3/t31-,32+,33+,34-,35?/m1/s1. The van der Waals surface area contributed by atoms with E-state index in [1.54, 1.807) is 7.11 Å². The highest BCUT2D eigenvalue weighted by Crippen LogP contribution is 2.29. The van der Waals surface area contributed by atoms with Gasteiger partial charge in [0.1, 0.15) is 18.3 Å². The van der Waals surface area contributed by atoms with Gasteiger partial charge in [0.15, 0.2) is 6.29 Å². The Morgan fingerprint density at radius 3 is 1.56 bits per heavy atom. The molecule has 1 aliphatic rings. The van der Waals surface area contributed by atoms with Gasteiger partial charge in [-0.25, -0.2) is 0 Å². The van der Waals surface area contributed by atoms with E-state index in [4.69, 9.17) is 23.7 Å². The highest BCUT2D eigenvalue weighted by Gasteiger charge is 2.47. The summed E-state index contributed by atoms with van der Waals surface area (Å²) in [6, 6.07) is 40.5. The zero-order chi connectivity index (χ0) is 28.1. The van der Waals surface area contributed by atoms with Gasteiger partial charge in [0.25, 0.3) is 0 Å². The maximum absolute atomic E-state index is 6.70. The van der Waals surface area contributed by atoms with Gasteiger partial charge in [0.05, 0.1) is 32.5 Å². The molecule has 1 N–H and O–H groups in total. The van der Waals surface area contributed by atoms with Crippen LogP contribution >= 0.6 is 0 Å². The van der Waals surface area contributed by atoms with Gasteiger partial charge >= 0.3 is 0 Å². The van der Waals surface area contributed by atoms with E-state index in [1.165, 1.54) is 5.56 Å². The van der Waals surface area contributed by atoms with Crippen molar-refractivity contribution in [3.8, 4) is 0 Å². The third-order valence-electron chi connectivity index (χ3n) is 7.23. The Hall–Kier alpha value is -3.36. The third-order valence-corrected chi connectivity index (χ3v) is 7.23. The number of methoxy groups -OCH3 is 1. The van der Waals surface area contributed by atoms with Crippen molar-refractivity contribution in [3.63, 3.8) is 0 Å². The van der Waals surface area contributed by atoms with E-state index in [-0.39, 0.29) is 12.1 Å². The number of benzene rings is 4. The van der Waals surface area contributed by atoms with Crippen molar-refractivity contribution < 1.29 is 23.7 Å². The molecule has 1 aliphatic heterocycles. The van der Waals surface area contributed by atoms with Crippen molar-refractivity contribution >= 4 is 0 Å². The Morgan fingerprint density at radius 2 is 1.05 bits per heavy atom. The van der Waals surface area contributed by atoms with E-state index < -0.39 is 18.5 Å². The predicted molar refractivity (Wildman–Crippen MR) is 159 cm³/mol. The van der Waals surface area contributed by atoms with Gasteiger partial charge in [0, 0.05) is 13.7 Å². The van der Waals surface area contributed by atoms with Gasteiger partial charge in [-0.05, 0) is 22.3 Å². The van der Waals surface area contributed by atoms with Gasteiger partial charge in [0.2, 0.25) is 0 Å². The zero-order valence-electron chi connectivity index (χ0n) is 23.5. The first-order valence-electron chi connectivity index (χ1n) is 14.2. The molecule has 1 fully saturated rings. The Labute approximate surface area is 243 Å². The fraction of sp³-hybridized carbons (Fsp3) is 0.314. The van der Waals surface area contributed by atoms with Crippen LogP contribution in [0.3, 0.4) is 0 Å². The van der Waals surface area contributed by atoms with Gasteiger partial charge < -0.3 is 29.0 Å². The predicted octanol–water partition coefficient (Wildman–Crippen LogP) is 5.90. The van der Waals surface area contributed by atoms with Crippen molar-refractivity contribution in [2.24, 2.45) is 0 Å². The van der Waals surface area contributed by atoms with Crippen LogP contribution in [0, 0.1) is 0 Å². The monoisotopic (exact) mass is 553 g/mol. The molecule has 1 saturated heterocycles. The molecule has 6 nitrogen and oxygen atoms in total. The molecule has 41 heavy (non-hydrogen) atoms. The topological polar surface area (TPSA) is 58.2 Å². The maximum Gasteiger partial charge on any atom is 0.175 e. The van der Waals surface area contributed by atoms with Crippen molar-refractivity contribution in [2.45, 2.75) is 57.0 Å². The summed E-state index contributed by atoms with van der Waals surface area (Å²) in [6.07, 6.45) is -1.73. The molecule has 6 heteroatoms. The van der Waals surface area contributed by atoms with E-state index in [0.717, 1.165) is 16.7 Å². The van der Waals surface area contributed by atoms with E-state index in [1.807, 2.05) is 72.8 Å². The van der Waals surface area contributed by atoms with Crippen LogP contribution in [0.1, 0.15) is 22.3 Å². The molecule has 4 aromatic carbocycles. The quantitative estimate of drug-likeness (QED) is 0.210. The molecule has 0 saturated carbocycles. The average molecular weight is 554 g/mol. The number of ether oxygens (including phenoxy) is 5. The average Bonchev–Trinajstić information content (AvgIpc) is 3.04. The molecule has 5 atom stereocenters. The second-order valence-corrected chi connectivity index (χ2v) is 10.2. The van der Waals surface area contributed by atoms with Crippen LogP contribution in [0.15, 0.2) is 121 Å². The molecule has 214 valence electrons. The highest BCUT2D eigenvalue weighted by atomic mass is 16.7. The van der Waals surface area contributed by atoms with Gasteiger partial charge in [-0.15, -0.1) is 0 Å². The van der Waals surface area contributed by atoms with Crippen molar-refractivity contribution in [1.29, 1.82) is 0 Å². The van der Waals surface area contributed by atoms with Crippen LogP contribution in [0.4, 0.5) is 0 Å². The minimum atomic E-state index is -0.554. The summed E-state index contributed by atoms with van der Waals surface area (Å²) in [5, 5.41) is 3.66. The lowest BCUT2D eigenvalue weighted by Gasteiger charge is -2.46. The number of hydrogen-bond acceptors (Lipinski definition) is 6. The van der Waals surface area contributed by atoms with Gasteiger partial charge in [-0.3, -0.25) is 0 Å². The second kappa shape index (κ2) is 15.6. The van der Waals surface area contributed by atoms with Crippen LogP contribution in [-0.4, -0.2) is 44.4 Å². The number of nitrogens with one attached hydrogen (secondary N) is 1. The molecule has 0 spiro atoms. The van der Waals surface area contributed by atoms with Gasteiger partial charge in [-0.1, -0.05) is 121 Å². The summed E-state index contributed by atoms with van der Waals surface area (Å²) < 4.78 is 32.0. The van der Waals surface area contributed by atoms with E-state index in [2.05, 4.69) is 53.8 Å². The van der Waals surface area contributed by atoms with Crippen molar-refractivity contribution in [2.75, 3.05) is 13.7 Å². The summed E-state index contributed by atoms with van der Waals surface area (Å²) in [7, 11) is 1.67. The molecule has 0 aliphatic carbocycles. The summed E-state index contributed by atoms with van der Waals surface area (Å²) in [6.45, 7) is 2.33. The normalized spacial score (nSPS) is 22.4. The number of hydrogen-bond donors (Lipinski definition) is 1. The van der Waals surface area contributed by atoms with Crippen LogP contribution in [0.25, 0.3) is 0 Å². The molecular formula is C35H39NO5. The summed E-state index contributed by atoms with van der Waals surface area (Å²) in [5.41, 5.74) is 4.45. The van der Waals surface area contributed by atoms with Crippen LogP contribution in [-0.2, 0) is 50.0 Å². The lowest BCUT2D eigenvalue weighted by atomic mass is 9.95. The van der Waals surface area contributed by atoms with Gasteiger partial charge in [-0.2, -0.15) is 0 Å². The summed E-state index contributed by atoms with van der Waals surface area (Å²) >= 11 is 0. The SMILES string of the molecule is COC1O[C@H](COCc2ccccc2)[C@H](OCc2ccccc2)[C@H](OCc2ccccc2)[C@@H]1NCc1ccccc1. The van der Waals surface area contributed by atoms with E-state index in [0.29, 0.717) is 33.0 Å². The lowest BCUT2D eigenvalue weighted by Crippen LogP contribution is -2.65. The molecule has 0 aromatic heterocycles. The van der Waals surface area contributed by atoms with E-state index in [9.17, 15) is 0 Å². The summed E-state index contributed by atoms with van der Waals surface area (Å²) in [4.78, 5) is 0. The largest absolute Gasteiger partial charge is 0.374 e. The third kappa shape index (κ3) is 8.57. The molecular weight excluding hydrogens is 514 g/mol.